The number of amides is 1. The Hall–Kier alpha value is -2.86. The van der Waals surface area contributed by atoms with E-state index in [1.165, 1.54) is 11.8 Å². The number of nitrogens with zero attached hydrogens (tertiary/aromatic N) is 3. The van der Waals surface area contributed by atoms with Crippen molar-refractivity contribution in [2.75, 3.05) is 18.8 Å². The Bertz CT molecular complexity index is 1120. The Morgan fingerprint density at radius 1 is 1.17 bits per heavy atom. The van der Waals surface area contributed by atoms with Gasteiger partial charge in [-0.2, -0.15) is 0 Å². The lowest BCUT2D eigenvalue weighted by molar-refractivity contribution is -0.127. The predicted octanol–water partition coefficient (Wildman–Crippen LogP) is 4.21. The van der Waals surface area contributed by atoms with Gasteiger partial charge in [-0.15, -0.1) is 0 Å². The number of rotatable bonds is 7. The molecule has 3 aromatic rings. The van der Waals surface area contributed by atoms with Crippen LogP contribution in [0.3, 0.4) is 0 Å². The number of aromatic nitrogens is 2. The molecule has 0 N–H and O–H groups in total. The summed E-state index contributed by atoms with van der Waals surface area (Å²) in [4.78, 5) is 32.4. The first-order valence-corrected chi connectivity index (χ1v) is 10.5. The Labute approximate surface area is 175 Å². The van der Waals surface area contributed by atoms with Gasteiger partial charge in [0.15, 0.2) is 5.16 Å². The maximum absolute atomic E-state index is 13.3. The standard InChI is InChI=1S/C23H25N3O2S/c1-5-25(14-16(2)3)21(27)15-29-23-24-19-12-8-7-11-18(19)22(28)26(23)20-13-9-6-10-17(20)4/h6-13H,2,5,14-15H2,1,3-4H3. The van der Waals surface area contributed by atoms with Crippen LogP contribution in [0.15, 0.2) is 70.6 Å². The fourth-order valence-corrected chi connectivity index (χ4v) is 4.06. The molecule has 2 aromatic carbocycles. The van der Waals surface area contributed by atoms with Crippen molar-refractivity contribution in [3.05, 3.63) is 76.6 Å². The average molecular weight is 408 g/mol. The summed E-state index contributed by atoms with van der Waals surface area (Å²) >= 11 is 1.29. The number of para-hydroxylation sites is 2. The summed E-state index contributed by atoms with van der Waals surface area (Å²) in [5, 5.41) is 1.08. The van der Waals surface area contributed by atoms with Crippen LogP contribution >= 0.6 is 11.8 Å². The monoisotopic (exact) mass is 407 g/mol. The minimum atomic E-state index is -0.130. The van der Waals surface area contributed by atoms with Gasteiger partial charge in [0.2, 0.25) is 5.91 Å². The van der Waals surface area contributed by atoms with Crippen LogP contribution in [0.2, 0.25) is 0 Å². The van der Waals surface area contributed by atoms with E-state index in [1.807, 2.05) is 63.2 Å². The van der Waals surface area contributed by atoms with Gasteiger partial charge in [0.1, 0.15) is 0 Å². The number of fused-ring (bicyclic) bond motifs is 1. The number of aryl methyl sites for hydroxylation is 1. The largest absolute Gasteiger partial charge is 0.338 e. The van der Waals surface area contributed by atoms with E-state index in [4.69, 9.17) is 4.98 Å². The molecule has 0 aliphatic rings. The number of carbonyl (C=O) groups is 1. The lowest BCUT2D eigenvalue weighted by Gasteiger charge is -2.21. The van der Waals surface area contributed by atoms with Crippen LogP contribution in [0.25, 0.3) is 16.6 Å². The van der Waals surface area contributed by atoms with Crippen LogP contribution in [0, 0.1) is 6.92 Å². The topological polar surface area (TPSA) is 55.2 Å². The highest BCUT2D eigenvalue weighted by molar-refractivity contribution is 7.99. The molecule has 0 unspecified atom stereocenters. The molecule has 0 bridgehead atoms. The third kappa shape index (κ3) is 4.59. The molecule has 0 aliphatic carbocycles. The molecule has 0 fully saturated rings. The lowest BCUT2D eigenvalue weighted by Crippen LogP contribution is -2.33. The van der Waals surface area contributed by atoms with E-state index >= 15 is 0 Å². The van der Waals surface area contributed by atoms with E-state index in [-0.39, 0.29) is 17.2 Å². The van der Waals surface area contributed by atoms with Crippen LogP contribution < -0.4 is 5.56 Å². The molecule has 1 aromatic heterocycles. The van der Waals surface area contributed by atoms with E-state index in [0.717, 1.165) is 16.8 Å². The van der Waals surface area contributed by atoms with Crippen molar-refractivity contribution in [1.29, 1.82) is 0 Å². The van der Waals surface area contributed by atoms with Crippen molar-refractivity contribution in [3.8, 4) is 5.69 Å². The minimum Gasteiger partial charge on any atom is -0.338 e. The van der Waals surface area contributed by atoms with Crippen LogP contribution in [0.1, 0.15) is 19.4 Å². The minimum absolute atomic E-state index is 0.000703. The van der Waals surface area contributed by atoms with Gasteiger partial charge < -0.3 is 4.90 Å². The summed E-state index contributed by atoms with van der Waals surface area (Å²) in [7, 11) is 0. The molecular formula is C23H25N3O2S. The molecule has 1 amide bonds. The zero-order chi connectivity index (χ0) is 21.0. The molecule has 150 valence electrons. The lowest BCUT2D eigenvalue weighted by atomic mass is 10.2. The molecule has 0 saturated carbocycles. The smallest absolute Gasteiger partial charge is 0.266 e. The zero-order valence-corrected chi connectivity index (χ0v) is 17.8. The molecule has 6 heteroatoms. The fraction of sp³-hybridized carbons (Fsp3) is 0.261. The SMILES string of the molecule is C=C(C)CN(CC)C(=O)CSc1nc2ccccc2c(=O)n1-c1ccccc1C. The number of benzene rings is 2. The van der Waals surface area contributed by atoms with Gasteiger partial charge in [0.05, 0.1) is 22.3 Å². The number of hydrogen-bond donors (Lipinski definition) is 0. The molecule has 0 aliphatic heterocycles. The molecule has 29 heavy (non-hydrogen) atoms. The highest BCUT2D eigenvalue weighted by Gasteiger charge is 2.18. The number of thioether (sulfide) groups is 1. The first-order chi connectivity index (χ1) is 13.9. The van der Waals surface area contributed by atoms with Crippen molar-refractivity contribution < 1.29 is 4.79 Å². The molecule has 0 atom stereocenters. The van der Waals surface area contributed by atoms with E-state index in [9.17, 15) is 9.59 Å². The Kier molecular flexibility index (Phi) is 6.54. The van der Waals surface area contributed by atoms with Gasteiger partial charge in [-0.25, -0.2) is 4.98 Å². The maximum atomic E-state index is 13.3. The van der Waals surface area contributed by atoms with Crippen LogP contribution in [0.4, 0.5) is 0 Å². The van der Waals surface area contributed by atoms with E-state index in [1.54, 1.807) is 15.5 Å². The third-order valence-electron chi connectivity index (χ3n) is 4.62. The van der Waals surface area contributed by atoms with Crippen LogP contribution in [-0.2, 0) is 4.79 Å². The summed E-state index contributed by atoms with van der Waals surface area (Å²) in [6.07, 6.45) is 0. The zero-order valence-electron chi connectivity index (χ0n) is 17.0. The van der Waals surface area contributed by atoms with Crippen molar-refractivity contribution in [1.82, 2.24) is 14.5 Å². The van der Waals surface area contributed by atoms with E-state index < -0.39 is 0 Å². The first kappa shape index (κ1) is 20.9. The van der Waals surface area contributed by atoms with Crippen molar-refractivity contribution >= 4 is 28.6 Å². The van der Waals surface area contributed by atoms with Crippen molar-refractivity contribution in [2.24, 2.45) is 0 Å². The fourth-order valence-electron chi connectivity index (χ4n) is 3.16. The molecule has 0 spiro atoms. The third-order valence-corrected chi connectivity index (χ3v) is 5.54. The van der Waals surface area contributed by atoms with Gasteiger partial charge in [-0.05, 0) is 44.5 Å². The summed E-state index contributed by atoms with van der Waals surface area (Å²) < 4.78 is 1.62. The molecule has 0 radical (unpaired) electrons. The van der Waals surface area contributed by atoms with Crippen LogP contribution in [0.5, 0.6) is 0 Å². The summed E-state index contributed by atoms with van der Waals surface area (Å²) in [6.45, 7) is 10.9. The Morgan fingerprint density at radius 2 is 1.86 bits per heavy atom. The second-order valence-electron chi connectivity index (χ2n) is 6.99. The Balaban J connectivity index is 2.04. The van der Waals surface area contributed by atoms with E-state index in [0.29, 0.717) is 29.1 Å². The molecule has 0 saturated heterocycles. The highest BCUT2D eigenvalue weighted by atomic mass is 32.2. The molecule has 1 heterocycles. The second kappa shape index (κ2) is 9.09. The summed E-state index contributed by atoms with van der Waals surface area (Å²) in [5.41, 5.74) is 3.18. The van der Waals surface area contributed by atoms with Gasteiger partial charge >= 0.3 is 0 Å². The van der Waals surface area contributed by atoms with Gasteiger partial charge in [0, 0.05) is 13.1 Å². The van der Waals surface area contributed by atoms with Gasteiger partial charge in [-0.1, -0.05) is 54.2 Å². The molecule has 5 nitrogen and oxygen atoms in total. The summed E-state index contributed by atoms with van der Waals surface area (Å²) in [5.74, 6) is 0.205. The summed E-state index contributed by atoms with van der Waals surface area (Å²) in [6, 6.07) is 15.0. The van der Waals surface area contributed by atoms with Gasteiger partial charge in [0.25, 0.3) is 5.56 Å². The predicted molar refractivity (Wildman–Crippen MR) is 120 cm³/mol. The number of hydrogen-bond acceptors (Lipinski definition) is 4. The molecular weight excluding hydrogens is 382 g/mol. The normalized spacial score (nSPS) is 10.9. The average Bonchev–Trinajstić information content (AvgIpc) is 2.71. The maximum Gasteiger partial charge on any atom is 0.266 e. The van der Waals surface area contributed by atoms with E-state index in [2.05, 4.69) is 6.58 Å². The first-order valence-electron chi connectivity index (χ1n) is 9.55. The number of carbonyl (C=O) groups excluding carboxylic acids is 1. The van der Waals surface area contributed by atoms with Crippen molar-refractivity contribution in [2.45, 2.75) is 25.9 Å². The quantitative estimate of drug-likeness (QED) is 0.334. The second-order valence-corrected chi connectivity index (χ2v) is 7.93. The van der Waals surface area contributed by atoms with Crippen LogP contribution in [-0.4, -0.2) is 39.2 Å². The van der Waals surface area contributed by atoms with Gasteiger partial charge in [-0.3, -0.25) is 14.2 Å². The van der Waals surface area contributed by atoms with Crippen molar-refractivity contribution in [3.63, 3.8) is 0 Å². The Morgan fingerprint density at radius 3 is 2.55 bits per heavy atom. The number of likely N-dealkylation sites (N-methyl/N-ethyl adjacent to an activating group) is 1. The molecule has 3 rings (SSSR count). The highest BCUT2D eigenvalue weighted by Crippen LogP contribution is 2.23.